The minimum atomic E-state index is 0.270. The zero-order chi connectivity index (χ0) is 13.9. The molecule has 0 atom stereocenters. The van der Waals surface area contributed by atoms with Gasteiger partial charge in [0.25, 0.3) is 0 Å². The fourth-order valence-electron chi connectivity index (χ4n) is 1.90. The number of aromatic nitrogens is 4. The summed E-state index contributed by atoms with van der Waals surface area (Å²) in [6.45, 7) is 0. The van der Waals surface area contributed by atoms with Gasteiger partial charge in [0.1, 0.15) is 4.99 Å². The lowest BCUT2D eigenvalue weighted by Gasteiger charge is -2.04. The van der Waals surface area contributed by atoms with Crippen LogP contribution in [0.1, 0.15) is 5.56 Å². The zero-order valence-corrected chi connectivity index (χ0v) is 11.3. The molecule has 1 aromatic carbocycles. The Labute approximate surface area is 121 Å². The molecule has 2 N–H and O–H groups in total. The van der Waals surface area contributed by atoms with E-state index in [1.54, 1.807) is 23.1 Å². The topological polar surface area (TPSA) is 69.6 Å². The molecule has 0 aliphatic rings. The van der Waals surface area contributed by atoms with E-state index in [2.05, 4.69) is 15.3 Å². The van der Waals surface area contributed by atoms with Gasteiger partial charge in [0.05, 0.1) is 18.0 Å². The molecule has 0 aliphatic carbocycles. The minimum absolute atomic E-state index is 0.270. The van der Waals surface area contributed by atoms with Crippen LogP contribution < -0.4 is 5.73 Å². The van der Waals surface area contributed by atoms with Crippen molar-refractivity contribution in [1.82, 2.24) is 20.0 Å². The van der Waals surface area contributed by atoms with Crippen molar-refractivity contribution in [2.24, 2.45) is 5.73 Å². The van der Waals surface area contributed by atoms with Gasteiger partial charge >= 0.3 is 0 Å². The van der Waals surface area contributed by atoms with Crippen molar-refractivity contribution >= 4 is 17.2 Å². The van der Waals surface area contributed by atoms with Crippen LogP contribution in [0.15, 0.2) is 55.0 Å². The predicted octanol–water partition coefficient (Wildman–Crippen LogP) is 1.96. The second kappa shape index (κ2) is 5.18. The number of nitrogens with two attached hydrogens (primary N) is 1. The Balaban J connectivity index is 2.05. The SMILES string of the molecule is NC(=S)c1ccnnc1-n1cc(-c2ccccc2)cn1. The van der Waals surface area contributed by atoms with Gasteiger partial charge in [-0.15, -0.1) is 5.10 Å². The zero-order valence-electron chi connectivity index (χ0n) is 10.5. The third kappa shape index (κ3) is 2.28. The van der Waals surface area contributed by atoms with Gasteiger partial charge in [-0.25, -0.2) is 4.68 Å². The lowest BCUT2D eigenvalue weighted by atomic mass is 10.1. The number of hydrogen-bond acceptors (Lipinski definition) is 4. The van der Waals surface area contributed by atoms with Gasteiger partial charge in [-0.05, 0) is 11.6 Å². The summed E-state index contributed by atoms with van der Waals surface area (Å²) in [6.07, 6.45) is 5.20. The lowest BCUT2D eigenvalue weighted by molar-refractivity contribution is 0.812. The van der Waals surface area contributed by atoms with E-state index in [1.165, 1.54) is 0 Å². The highest BCUT2D eigenvalue weighted by Gasteiger charge is 2.11. The van der Waals surface area contributed by atoms with Gasteiger partial charge < -0.3 is 5.73 Å². The van der Waals surface area contributed by atoms with Crippen molar-refractivity contribution in [2.75, 3.05) is 0 Å². The van der Waals surface area contributed by atoms with Crippen LogP contribution in [0.3, 0.4) is 0 Å². The summed E-state index contributed by atoms with van der Waals surface area (Å²) >= 11 is 5.02. The summed E-state index contributed by atoms with van der Waals surface area (Å²) < 4.78 is 1.63. The van der Waals surface area contributed by atoms with E-state index >= 15 is 0 Å². The molecule has 2 aromatic heterocycles. The van der Waals surface area contributed by atoms with Crippen molar-refractivity contribution in [1.29, 1.82) is 0 Å². The molecule has 6 heteroatoms. The van der Waals surface area contributed by atoms with Crippen molar-refractivity contribution in [3.8, 4) is 16.9 Å². The molecule has 0 aliphatic heterocycles. The Bertz CT molecular complexity index is 751. The van der Waals surface area contributed by atoms with E-state index in [0.29, 0.717) is 11.4 Å². The molecule has 0 saturated carbocycles. The Hall–Kier alpha value is -2.60. The van der Waals surface area contributed by atoms with E-state index in [4.69, 9.17) is 18.0 Å². The molecule has 5 nitrogen and oxygen atoms in total. The lowest BCUT2D eigenvalue weighted by Crippen LogP contribution is -2.15. The van der Waals surface area contributed by atoms with Crippen LogP contribution in [0.2, 0.25) is 0 Å². The Kier molecular flexibility index (Phi) is 3.22. The normalized spacial score (nSPS) is 10.4. The average Bonchev–Trinajstić information content (AvgIpc) is 2.98. The van der Waals surface area contributed by atoms with Crippen molar-refractivity contribution < 1.29 is 0 Å². The summed E-state index contributed by atoms with van der Waals surface area (Å²) in [5, 5.41) is 12.2. The first-order valence-electron chi connectivity index (χ1n) is 5.97. The highest BCUT2D eigenvalue weighted by Crippen LogP contribution is 2.19. The molecular formula is C14H11N5S. The highest BCUT2D eigenvalue weighted by atomic mass is 32.1. The molecule has 0 spiro atoms. The molecule has 3 rings (SSSR count). The monoisotopic (exact) mass is 281 g/mol. The maximum absolute atomic E-state index is 5.69. The second-order valence-corrected chi connectivity index (χ2v) is 4.61. The Morgan fingerprint density at radius 3 is 2.65 bits per heavy atom. The smallest absolute Gasteiger partial charge is 0.185 e. The summed E-state index contributed by atoms with van der Waals surface area (Å²) in [7, 11) is 0. The third-order valence-electron chi connectivity index (χ3n) is 2.87. The van der Waals surface area contributed by atoms with Crippen LogP contribution in [0.25, 0.3) is 16.9 Å². The van der Waals surface area contributed by atoms with E-state index in [0.717, 1.165) is 11.1 Å². The largest absolute Gasteiger partial charge is 0.389 e. The van der Waals surface area contributed by atoms with E-state index in [-0.39, 0.29) is 4.99 Å². The average molecular weight is 281 g/mol. The van der Waals surface area contributed by atoms with Crippen molar-refractivity contribution in [3.05, 3.63) is 60.6 Å². The van der Waals surface area contributed by atoms with Gasteiger partial charge in [0, 0.05) is 11.8 Å². The van der Waals surface area contributed by atoms with Crippen LogP contribution in [0, 0.1) is 0 Å². The highest BCUT2D eigenvalue weighted by molar-refractivity contribution is 7.80. The number of rotatable bonds is 3. The molecule has 0 radical (unpaired) electrons. The van der Waals surface area contributed by atoms with Gasteiger partial charge in [-0.2, -0.15) is 10.2 Å². The fourth-order valence-corrected chi connectivity index (χ4v) is 2.06. The third-order valence-corrected chi connectivity index (χ3v) is 3.09. The standard InChI is InChI=1S/C14H11N5S/c15-13(20)12-6-7-16-18-14(12)19-9-11(8-17-19)10-4-2-1-3-5-10/h1-9H,(H2,15,20). The quantitative estimate of drug-likeness (QED) is 0.743. The van der Waals surface area contributed by atoms with Gasteiger partial charge in [0.15, 0.2) is 5.82 Å². The van der Waals surface area contributed by atoms with Crippen LogP contribution >= 0.6 is 12.2 Å². The van der Waals surface area contributed by atoms with E-state index in [1.807, 2.05) is 36.5 Å². The fraction of sp³-hybridized carbons (Fsp3) is 0. The van der Waals surface area contributed by atoms with Crippen LogP contribution in [0.4, 0.5) is 0 Å². The molecule has 98 valence electrons. The first kappa shape index (κ1) is 12.4. The van der Waals surface area contributed by atoms with Gasteiger partial charge in [-0.3, -0.25) is 0 Å². The summed E-state index contributed by atoms with van der Waals surface area (Å²) in [5.74, 6) is 0.530. The van der Waals surface area contributed by atoms with Gasteiger partial charge in [-0.1, -0.05) is 42.5 Å². The van der Waals surface area contributed by atoms with Gasteiger partial charge in [0.2, 0.25) is 0 Å². The Morgan fingerprint density at radius 2 is 1.90 bits per heavy atom. The molecule has 3 aromatic rings. The molecule has 0 bridgehead atoms. The second-order valence-electron chi connectivity index (χ2n) is 4.17. The predicted molar refractivity (Wildman–Crippen MR) is 80.5 cm³/mol. The number of benzene rings is 1. The minimum Gasteiger partial charge on any atom is -0.389 e. The molecule has 0 saturated heterocycles. The molecule has 0 fully saturated rings. The van der Waals surface area contributed by atoms with Crippen LogP contribution in [-0.4, -0.2) is 25.0 Å². The first-order valence-corrected chi connectivity index (χ1v) is 6.38. The Morgan fingerprint density at radius 1 is 1.10 bits per heavy atom. The number of nitrogens with zero attached hydrogens (tertiary/aromatic N) is 4. The summed E-state index contributed by atoms with van der Waals surface area (Å²) in [6, 6.07) is 11.7. The molecule has 2 heterocycles. The summed E-state index contributed by atoms with van der Waals surface area (Å²) in [5.41, 5.74) is 8.42. The summed E-state index contributed by atoms with van der Waals surface area (Å²) in [4.78, 5) is 0.270. The molecule has 0 unspecified atom stereocenters. The van der Waals surface area contributed by atoms with Crippen LogP contribution in [-0.2, 0) is 0 Å². The number of hydrogen-bond donors (Lipinski definition) is 1. The van der Waals surface area contributed by atoms with Crippen molar-refractivity contribution in [3.63, 3.8) is 0 Å². The van der Waals surface area contributed by atoms with Crippen molar-refractivity contribution in [2.45, 2.75) is 0 Å². The first-order chi connectivity index (χ1) is 9.75. The molecule has 0 amide bonds. The maximum Gasteiger partial charge on any atom is 0.185 e. The number of thiocarbonyl (C=S) groups is 1. The van der Waals surface area contributed by atoms with E-state index < -0.39 is 0 Å². The van der Waals surface area contributed by atoms with Crippen LogP contribution in [0.5, 0.6) is 0 Å². The van der Waals surface area contributed by atoms with E-state index in [9.17, 15) is 0 Å². The molecule has 20 heavy (non-hydrogen) atoms. The molecular weight excluding hydrogens is 270 g/mol. The maximum atomic E-state index is 5.69.